The molecule has 0 atom stereocenters. The van der Waals surface area contributed by atoms with Crippen LogP contribution in [0.3, 0.4) is 0 Å². The van der Waals surface area contributed by atoms with E-state index < -0.39 is 22.5 Å². The maximum absolute atomic E-state index is 13.7. The van der Waals surface area contributed by atoms with Crippen LogP contribution in [0.2, 0.25) is 10.0 Å². The quantitative estimate of drug-likeness (QED) is 0.109. The summed E-state index contributed by atoms with van der Waals surface area (Å²) in [7, 11) is -4.08. The van der Waals surface area contributed by atoms with Gasteiger partial charge in [0, 0.05) is 26.9 Å². The molecular formula is C30H30Cl2N4O4S2. The lowest BCUT2D eigenvalue weighted by Crippen LogP contribution is -2.39. The van der Waals surface area contributed by atoms with Crippen molar-refractivity contribution in [1.82, 2.24) is 9.99 Å². The van der Waals surface area contributed by atoms with Gasteiger partial charge in [-0.2, -0.15) is 5.10 Å². The minimum absolute atomic E-state index is 0.0683. The Hall–Kier alpha value is -3.44. The van der Waals surface area contributed by atoms with Crippen LogP contribution in [0.5, 0.6) is 5.75 Å². The second-order valence-corrected chi connectivity index (χ2v) is 12.8. The zero-order valence-electron chi connectivity index (χ0n) is 23.5. The topological polar surface area (TPSA) is 93.0 Å². The first-order valence-electron chi connectivity index (χ1n) is 12.9. The second-order valence-electron chi connectivity index (χ2n) is 9.16. The number of rotatable bonds is 11. The molecule has 3 aromatic carbocycles. The molecule has 0 unspecified atom stereocenters. The van der Waals surface area contributed by atoms with Gasteiger partial charge in [-0.05, 0) is 99.8 Å². The largest absolute Gasteiger partial charge is 0.494 e. The minimum atomic E-state index is -4.08. The van der Waals surface area contributed by atoms with Gasteiger partial charge in [0.2, 0.25) is 0 Å². The molecule has 42 heavy (non-hydrogen) atoms. The number of sulfonamides is 1. The van der Waals surface area contributed by atoms with Gasteiger partial charge in [-0.3, -0.25) is 9.10 Å². The van der Waals surface area contributed by atoms with Crippen LogP contribution in [0, 0.1) is 13.8 Å². The molecule has 8 nitrogen and oxygen atoms in total. The van der Waals surface area contributed by atoms with Crippen LogP contribution < -0.4 is 14.5 Å². The third kappa shape index (κ3) is 7.12. The highest BCUT2D eigenvalue weighted by atomic mass is 35.5. The van der Waals surface area contributed by atoms with E-state index in [2.05, 4.69) is 10.5 Å². The summed E-state index contributed by atoms with van der Waals surface area (Å²) >= 11 is 14.0. The van der Waals surface area contributed by atoms with Gasteiger partial charge in [0.1, 0.15) is 12.3 Å². The lowest BCUT2D eigenvalue weighted by molar-refractivity contribution is -0.119. The monoisotopic (exact) mass is 644 g/mol. The Bertz CT molecular complexity index is 1700. The van der Waals surface area contributed by atoms with E-state index in [9.17, 15) is 13.2 Å². The molecular weight excluding hydrogens is 615 g/mol. The van der Waals surface area contributed by atoms with E-state index in [0.29, 0.717) is 28.1 Å². The van der Waals surface area contributed by atoms with E-state index in [4.69, 9.17) is 27.9 Å². The number of halogens is 2. The van der Waals surface area contributed by atoms with Crippen LogP contribution in [0.25, 0.3) is 5.69 Å². The van der Waals surface area contributed by atoms with Crippen LogP contribution in [0.4, 0.5) is 5.69 Å². The highest BCUT2D eigenvalue weighted by Gasteiger charge is 2.27. The molecule has 4 aromatic rings. The van der Waals surface area contributed by atoms with Crippen molar-refractivity contribution in [2.24, 2.45) is 5.10 Å². The second kappa shape index (κ2) is 13.7. The molecule has 4 rings (SSSR count). The van der Waals surface area contributed by atoms with Crippen molar-refractivity contribution in [2.75, 3.05) is 23.7 Å². The molecule has 12 heteroatoms. The molecule has 220 valence electrons. The zero-order chi connectivity index (χ0) is 30.4. The van der Waals surface area contributed by atoms with E-state index in [1.807, 2.05) is 43.7 Å². The van der Waals surface area contributed by atoms with Gasteiger partial charge >= 0.3 is 0 Å². The molecule has 0 saturated carbocycles. The fraction of sp³-hybridized carbons (Fsp3) is 0.200. The van der Waals surface area contributed by atoms with Gasteiger partial charge in [-0.1, -0.05) is 23.2 Å². The average Bonchev–Trinajstić information content (AvgIpc) is 3.24. The Balaban J connectivity index is 1.57. The van der Waals surface area contributed by atoms with Crippen LogP contribution >= 0.6 is 35.0 Å². The smallest absolute Gasteiger partial charge is 0.264 e. The van der Waals surface area contributed by atoms with Crippen molar-refractivity contribution in [2.45, 2.75) is 30.6 Å². The van der Waals surface area contributed by atoms with Crippen molar-refractivity contribution >= 4 is 62.8 Å². The fourth-order valence-electron chi connectivity index (χ4n) is 4.36. The molecule has 0 saturated heterocycles. The number of hydrogen-bond donors (Lipinski definition) is 1. The molecule has 1 heterocycles. The first kappa shape index (κ1) is 31.5. The first-order chi connectivity index (χ1) is 20.0. The summed E-state index contributed by atoms with van der Waals surface area (Å²) in [4.78, 5) is 14.0. The van der Waals surface area contributed by atoms with Gasteiger partial charge < -0.3 is 9.30 Å². The van der Waals surface area contributed by atoms with E-state index in [-0.39, 0.29) is 4.90 Å². The van der Waals surface area contributed by atoms with E-state index in [0.717, 1.165) is 31.8 Å². The minimum Gasteiger partial charge on any atom is -0.494 e. The van der Waals surface area contributed by atoms with Gasteiger partial charge in [0.15, 0.2) is 0 Å². The Morgan fingerprint density at radius 2 is 1.74 bits per heavy atom. The number of amides is 1. The van der Waals surface area contributed by atoms with Crippen LogP contribution in [0.15, 0.2) is 87.7 Å². The molecule has 0 spiro atoms. The zero-order valence-corrected chi connectivity index (χ0v) is 26.6. The predicted molar refractivity (Wildman–Crippen MR) is 171 cm³/mol. The maximum Gasteiger partial charge on any atom is 0.264 e. The Morgan fingerprint density at radius 1 is 1.05 bits per heavy atom. The maximum atomic E-state index is 13.7. The van der Waals surface area contributed by atoms with Gasteiger partial charge in [0.25, 0.3) is 15.9 Å². The normalized spacial score (nSPS) is 11.6. The summed E-state index contributed by atoms with van der Waals surface area (Å²) in [6, 6.07) is 20.2. The summed E-state index contributed by atoms with van der Waals surface area (Å²) in [5.74, 6) is -0.0199. The number of hydrogen-bond acceptors (Lipinski definition) is 6. The number of aromatic nitrogens is 1. The van der Waals surface area contributed by atoms with E-state index in [1.165, 1.54) is 30.1 Å². The van der Waals surface area contributed by atoms with Gasteiger partial charge in [-0.25, -0.2) is 13.8 Å². The first-order valence-corrected chi connectivity index (χ1v) is 16.3. The number of anilines is 1. The molecule has 0 fully saturated rings. The molecule has 1 aromatic heterocycles. The number of carbonyl (C=O) groups is 1. The average molecular weight is 646 g/mol. The molecule has 0 bridgehead atoms. The number of hydrazone groups is 1. The number of nitrogens with zero attached hydrogens (tertiary/aromatic N) is 3. The van der Waals surface area contributed by atoms with Crippen molar-refractivity contribution in [3.05, 3.63) is 99.8 Å². The summed E-state index contributed by atoms with van der Waals surface area (Å²) in [5.41, 5.74) is 6.05. The number of benzene rings is 3. The summed E-state index contributed by atoms with van der Waals surface area (Å²) in [5, 5.41) is 5.15. The van der Waals surface area contributed by atoms with Crippen LogP contribution in [0.1, 0.15) is 23.9 Å². The molecule has 1 N–H and O–H groups in total. The summed E-state index contributed by atoms with van der Waals surface area (Å²) in [6.45, 7) is 5.68. The van der Waals surface area contributed by atoms with Crippen molar-refractivity contribution in [1.29, 1.82) is 0 Å². The third-order valence-corrected chi connectivity index (χ3v) is 9.45. The summed E-state index contributed by atoms with van der Waals surface area (Å²) < 4.78 is 35.9. The lowest BCUT2D eigenvalue weighted by atomic mass is 10.2. The Kier molecular flexibility index (Phi) is 10.3. The van der Waals surface area contributed by atoms with Crippen molar-refractivity contribution in [3.8, 4) is 11.4 Å². The number of aryl methyl sites for hydroxylation is 1. The molecule has 0 aliphatic heterocycles. The number of carbonyl (C=O) groups excluding carboxylic acids is 1. The fourth-order valence-corrected chi connectivity index (χ4v) is 6.68. The highest BCUT2D eigenvalue weighted by molar-refractivity contribution is 7.98. The highest BCUT2D eigenvalue weighted by Crippen LogP contribution is 2.29. The van der Waals surface area contributed by atoms with E-state index >= 15 is 0 Å². The standard InChI is InChI=1S/C30H30Cl2N4O4S2/c1-5-40-25-9-7-24(8-10-25)35(42(38,39)27-13-11-26(41-4)12-14-27)19-30(37)34-33-18-22-16-20(2)36(21(22)3)29-15-6-23(31)17-28(29)32/h6-18H,5,19H2,1-4H3,(H,34,37)/b33-18+. The molecule has 0 radical (unpaired) electrons. The molecule has 0 aliphatic rings. The Morgan fingerprint density at radius 3 is 2.36 bits per heavy atom. The lowest BCUT2D eigenvalue weighted by Gasteiger charge is -2.24. The van der Waals surface area contributed by atoms with Crippen LogP contribution in [-0.4, -0.2) is 44.5 Å². The molecule has 1 amide bonds. The van der Waals surface area contributed by atoms with Gasteiger partial charge in [0.05, 0.1) is 34.1 Å². The number of ether oxygens (including phenoxy) is 1. The number of nitrogens with one attached hydrogen (secondary N) is 1. The third-order valence-electron chi connectivity index (χ3n) is 6.38. The number of thioether (sulfide) groups is 1. The van der Waals surface area contributed by atoms with Gasteiger partial charge in [-0.15, -0.1) is 11.8 Å². The summed E-state index contributed by atoms with van der Waals surface area (Å²) in [6.07, 6.45) is 3.42. The Labute approximate surface area is 260 Å². The van der Waals surface area contributed by atoms with Crippen molar-refractivity contribution in [3.63, 3.8) is 0 Å². The van der Waals surface area contributed by atoms with Crippen LogP contribution in [-0.2, 0) is 14.8 Å². The molecule has 0 aliphatic carbocycles. The SMILES string of the molecule is CCOc1ccc(N(CC(=O)N/N=C/c2cc(C)n(-c3ccc(Cl)cc3Cl)c2C)S(=O)(=O)c2ccc(SC)cc2)cc1. The van der Waals surface area contributed by atoms with Crippen molar-refractivity contribution < 1.29 is 17.9 Å². The predicted octanol–water partition coefficient (Wildman–Crippen LogP) is 6.87. The van der Waals surface area contributed by atoms with E-state index in [1.54, 1.807) is 48.5 Å².